The molecule has 1 aliphatic rings. The van der Waals surface area contributed by atoms with Crippen molar-refractivity contribution >= 4 is 23.1 Å². The number of hydrogen-bond donors (Lipinski definition) is 1. The van der Waals surface area contributed by atoms with Crippen molar-refractivity contribution in [2.24, 2.45) is 0 Å². The molecule has 1 aromatic rings. The van der Waals surface area contributed by atoms with Crippen molar-refractivity contribution in [3.63, 3.8) is 0 Å². The molecule has 0 spiro atoms. The van der Waals surface area contributed by atoms with Gasteiger partial charge in [0, 0.05) is 16.3 Å². The summed E-state index contributed by atoms with van der Waals surface area (Å²) in [4.78, 5) is 4.71. The van der Waals surface area contributed by atoms with Gasteiger partial charge in [-0.1, -0.05) is 13.8 Å². The summed E-state index contributed by atoms with van der Waals surface area (Å²) in [7, 11) is 0. The summed E-state index contributed by atoms with van der Waals surface area (Å²) in [5.74, 6) is 1.25. The number of aryl methyl sites for hydroxylation is 1. The summed E-state index contributed by atoms with van der Waals surface area (Å²) in [6.45, 7) is 7.72. The third kappa shape index (κ3) is 2.15. The highest BCUT2D eigenvalue weighted by Gasteiger charge is 2.44. The van der Waals surface area contributed by atoms with Crippen molar-refractivity contribution in [2.75, 3.05) is 12.3 Å². The van der Waals surface area contributed by atoms with E-state index in [1.165, 1.54) is 23.6 Å². The Hall–Kier alpha value is -0.0600. The van der Waals surface area contributed by atoms with Gasteiger partial charge in [0.25, 0.3) is 0 Å². The lowest BCUT2D eigenvalue weighted by Gasteiger charge is -2.32. The van der Waals surface area contributed by atoms with E-state index in [9.17, 15) is 0 Å². The zero-order valence-corrected chi connectivity index (χ0v) is 11.9. The molecule has 2 atom stereocenters. The third-order valence-corrected chi connectivity index (χ3v) is 5.73. The van der Waals surface area contributed by atoms with Crippen molar-refractivity contribution in [3.05, 3.63) is 16.1 Å². The number of rotatable bonds is 4. The van der Waals surface area contributed by atoms with Gasteiger partial charge < -0.3 is 5.32 Å². The molecule has 0 amide bonds. The van der Waals surface area contributed by atoms with Gasteiger partial charge in [-0.25, -0.2) is 4.98 Å². The van der Waals surface area contributed by atoms with Crippen LogP contribution in [0.25, 0.3) is 0 Å². The molecule has 0 bridgehead atoms. The molecule has 1 aromatic heterocycles. The maximum absolute atomic E-state index is 4.71. The van der Waals surface area contributed by atoms with Gasteiger partial charge in [-0.05, 0) is 32.1 Å². The highest BCUT2D eigenvalue weighted by Crippen LogP contribution is 2.44. The van der Waals surface area contributed by atoms with E-state index in [0.717, 1.165) is 12.2 Å². The minimum atomic E-state index is 0.138. The molecule has 0 radical (unpaired) electrons. The molecule has 2 rings (SSSR count). The molecule has 2 unspecified atom stereocenters. The first-order chi connectivity index (χ1) is 7.69. The molecule has 1 aliphatic heterocycles. The molecule has 0 aliphatic carbocycles. The van der Waals surface area contributed by atoms with E-state index in [4.69, 9.17) is 4.98 Å². The number of nitrogens with zero attached hydrogens (tertiary/aromatic N) is 1. The van der Waals surface area contributed by atoms with E-state index >= 15 is 0 Å². The molecule has 0 aromatic carbocycles. The Morgan fingerprint density at radius 1 is 1.62 bits per heavy atom. The Kier molecular flexibility index (Phi) is 3.93. The van der Waals surface area contributed by atoms with Crippen LogP contribution in [0.5, 0.6) is 0 Å². The Bertz CT molecular complexity index is 351. The minimum Gasteiger partial charge on any atom is -0.304 e. The van der Waals surface area contributed by atoms with E-state index in [-0.39, 0.29) is 5.54 Å². The predicted molar refractivity (Wildman–Crippen MR) is 73.4 cm³/mol. The van der Waals surface area contributed by atoms with Crippen LogP contribution in [0.15, 0.2) is 5.38 Å². The standard InChI is InChI=1S/C12H20N2S2/c1-4-6-13-12(5-7-15-10(12)3)11-14-9(2)8-16-11/h8,10,13H,4-7H2,1-3H3. The molecule has 90 valence electrons. The molecular weight excluding hydrogens is 236 g/mol. The second-order valence-electron chi connectivity index (χ2n) is 4.46. The lowest BCUT2D eigenvalue weighted by Crippen LogP contribution is -2.47. The van der Waals surface area contributed by atoms with Crippen molar-refractivity contribution in [3.8, 4) is 0 Å². The first-order valence-electron chi connectivity index (χ1n) is 5.98. The first kappa shape index (κ1) is 12.4. The Balaban J connectivity index is 2.26. The van der Waals surface area contributed by atoms with Gasteiger partial charge in [0.2, 0.25) is 0 Å². The van der Waals surface area contributed by atoms with Crippen molar-refractivity contribution in [2.45, 2.75) is 44.4 Å². The van der Waals surface area contributed by atoms with Gasteiger partial charge in [0.1, 0.15) is 5.01 Å². The zero-order chi connectivity index (χ0) is 11.6. The van der Waals surface area contributed by atoms with Crippen LogP contribution in [0, 0.1) is 6.92 Å². The van der Waals surface area contributed by atoms with Gasteiger partial charge in [0.15, 0.2) is 0 Å². The van der Waals surface area contributed by atoms with Crippen LogP contribution in [-0.2, 0) is 5.54 Å². The average Bonchev–Trinajstić information content (AvgIpc) is 2.83. The summed E-state index contributed by atoms with van der Waals surface area (Å²) in [5, 5.41) is 7.84. The quantitative estimate of drug-likeness (QED) is 0.895. The van der Waals surface area contributed by atoms with E-state index < -0.39 is 0 Å². The average molecular weight is 256 g/mol. The van der Waals surface area contributed by atoms with Crippen LogP contribution in [-0.4, -0.2) is 22.5 Å². The summed E-state index contributed by atoms with van der Waals surface area (Å²) in [5.41, 5.74) is 1.29. The number of hydrogen-bond acceptors (Lipinski definition) is 4. The molecule has 2 nitrogen and oxygen atoms in total. The summed E-state index contributed by atoms with van der Waals surface area (Å²) >= 11 is 3.88. The smallest absolute Gasteiger partial charge is 0.114 e. The lowest BCUT2D eigenvalue weighted by atomic mass is 9.93. The van der Waals surface area contributed by atoms with E-state index in [0.29, 0.717) is 5.25 Å². The van der Waals surface area contributed by atoms with Crippen LogP contribution in [0.1, 0.15) is 37.4 Å². The van der Waals surface area contributed by atoms with E-state index in [2.05, 4.69) is 43.2 Å². The molecule has 1 saturated heterocycles. The Morgan fingerprint density at radius 3 is 2.94 bits per heavy atom. The van der Waals surface area contributed by atoms with Gasteiger partial charge in [-0.15, -0.1) is 11.3 Å². The van der Waals surface area contributed by atoms with Crippen LogP contribution in [0.4, 0.5) is 0 Å². The van der Waals surface area contributed by atoms with Gasteiger partial charge >= 0.3 is 0 Å². The molecule has 16 heavy (non-hydrogen) atoms. The molecule has 4 heteroatoms. The van der Waals surface area contributed by atoms with Gasteiger partial charge in [0.05, 0.1) is 5.54 Å². The van der Waals surface area contributed by atoms with Crippen LogP contribution in [0.3, 0.4) is 0 Å². The number of thiazole rings is 1. The van der Waals surface area contributed by atoms with E-state index in [1.807, 2.05) is 11.3 Å². The lowest BCUT2D eigenvalue weighted by molar-refractivity contribution is 0.333. The molecule has 1 fully saturated rings. The fraction of sp³-hybridized carbons (Fsp3) is 0.750. The third-order valence-electron chi connectivity index (χ3n) is 3.25. The maximum atomic E-state index is 4.71. The summed E-state index contributed by atoms with van der Waals surface area (Å²) in [6.07, 6.45) is 2.40. The Morgan fingerprint density at radius 2 is 2.44 bits per heavy atom. The van der Waals surface area contributed by atoms with Crippen LogP contribution >= 0.6 is 23.1 Å². The predicted octanol–water partition coefficient (Wildman–Crippen LogP) is 3.17. The minimum absolute atomic E-state index is 0.138. The number of nitrogens with one attached hydrogen (secondary N) is 1. The second kappa shape index (κ2) is 5.07. The van der Waals surface area contributed by atoms with E-state index in [1.54, 1.807) is 0 Å². The topological polar surface area (TPSA) is 24.9 Å². The number of aromatic nitrogens is 1. The van der Waals surface area contributed by atoms with Gasteiger partial charge in [-0.2, -0.15) is 11.8 Å². The van der Waals surface area contributed by atoms with Crippen molar-refractivity contribution < 1.29 is 0 Å². The number of thioether (sulfide) groups is 1. The summed E-state index contributed by atoms with van der Waals surface area (Å²) in [6, 6.07) is 0. The summed E-state index contributed by atoms with van der Waals surface area (Å²) < 4.78 is 0. The van der Waals surface area contributed by atoms with Crippen molar-refractivity contribution in [1.29, 1.82) is 0 Å². The van der Waals surface area contributed by atoms with Crippen molar-refractivity contribution in [1.82, 2.24) is 10.3 Å². The SMILES string of the molecule is CCCNC1(c2nc(C)cs2)CCSC1C. The largest absolute Gasteiger partial charge is 0.304 e. The normalized spacial score (nSPS) is 29.8. The first-order valence-corrected chi connectivity index (χ1v) is 7.91. The fourth-order valence-corrected chi connectivity index (χ4v) is 4.80. The monoisotopic (exact) mass is 256 g/mol. The fourth-order valence-electron chi connectivity index (χ4n) is 2.24. The van der Waals surface area contributed by atoms with Crippen LogP contribution in [0.2, 0.25) is 0 Å². The Labute approximate surface area is 106 Å². The second-order valence-corrected chi connectivity index (χ2v) is 6.76. The molecule has 0 saturated carbocycles. The van der Waals surface area contributed by atoms with Gasteiger partial charge in [-0.3, -0.25) is 0 Å². The molecule has 1 N–H and O–H groups in total. The zero-order valence-electron chi connectivity index (χ0n) is 10.2. The molecular formula is C12H20N2S2. The highest BCUT2D eigenvalue weighted by atomic mass is 32.2. The highest BCUT2D eigenvalue weighted by molar-refractivity contribution is 8.00. The molecule has 2 heterocycles. The maximum Gasteiger partial charge on any atom is 0.114 e. The van der Waals surface area contributed by atoms with Crippen LogP contribution < -0.4 is 5.32 Å².